The van der Waals surface area contributed by atoms with Crippen LogP contribution in [-0.4, -0.2) is 27.3 Å². The second kappa shape index (κ2) is 6.96. The fourth-order valence-corrected chi connectivity index (χ4v) is 3.86. The highest BCUT2D eigenvalue weighted by atomic mass is 32.1. The predicted octanol–water partition coefficient (Wildman–Crippen LogP) is 4.94. The molecule has 0 spiro atoms. The Hall–Kier alpha value is -2.99. The zero-order valence-corrected chi connectivity index (χ0v) is 16.2. The summed E-state index contributed by atoms with van der Waals surface area (Å²) in [4.78, 5) is 18.5. The molecule has 3 heterocycles. The van der Waals surface area contributed by atoms with Gasteiger partial charge in [-0.2, -0.15) is 5.10 Å². The Morgan fingerprint density at radius 2 is 2.00 bits per heavy atom. The summed E-state index contributed by atoms with van der Waals surface area (Å²) in [6.45, 7) is 6.06. The van der Waals surface area contributed by atoms with Crippen LogP contribution in [0.4, 0.5) is 0 Å². The number of thiophene rings is 1. The summed E-state index contributed by atoms with van der Waals surface area (Å²) < 4.78 is 7.12. The van der Waals surface area contributed by atoms with Crippen molar-refractivity contribution in [1.29, 1.82) is 0 Å². The zero-order chi connectivity index (χ0) is 19.0. The number of nitrogens with zero attached hydrogens (tertiary/aromatic N) is 3. The molecular formula is C21H19N3O2S. The molecule has 0 fully saturated rings. The maximum atomic E-state index is 12.7. The highest BCUT2D eigenvalue weighted by Gasteiger charge is 2.22. The Morgan fingerprint density at radius 3 is 2.70 bits per heavy atom. The number of benzene rings is 1. The third kappa shape index (κ3) is 3.02. The molecule has 0 aliphatic rings. The van der Waals surface area contributed by atoms with Crippen molar-refractivity contribution in [3.05, 3.63) is 64.7 Å². The van der Waals surface area contributed by atoms with E-state index in [9.17, 15) is 4.79 Å². The summed E-state index contributed by atoms with van der Waals surface area (Å²) in [5.41, 5.74) is 4.69. The summed E-state index contributed by atoms with van der Waals surface area (Å²) in [5, 5.41) is 7.42. The number of esters is 1. The van der Waals surface area contributed by atoms with Gasteiger partial charge in [0.25, 0.3) is 0 Å². The number of carbonyl (C=O) groups excluding carboxylic acids is 1. The van der Waals surface area contributed by atoms with Crippen molar-refractivity contribution in [3.63, 3.8) is 0 Å². The number of hydrogen-bond acceptors (Lipinski definition) is 5. The minimum Gasteiger partial charge on any atom is -0.462 e. The highest BCUT2D eigenvalue weighted by Crippen LogP contribution is 2.31. The summed E-state index contributed by atoms with van der Waals surface area (Å²) in [6.07, 6.45) is 0. The first kappa shape index (κ1) is 17.4. The summed E-state index contributed by atoms with van der Waals surface area (Å²) in [6, 6.07) is 13.8. The van der Waals surface area contributed by atoms with Gasteiger partial charge in [0.1, 0.15) is 0 Å². The van der Waals surface area contributed by atoms with Gasteiger partial charge in [-0.05, 0) is 49.9 Å². The molecule has 6 heteroatoms. The Kier molecular flexibility index (Phi) is 4.49. The van der Waals surface area contributed by atoms with Crippen LogP contribution in [-0.2, 0) is 4.74 Å². The van der Waals surface area contributed by atoms with E-state index in [0.29, 0.717) is 17.8 Å². The minimum absolute atomic E-state index is 0.321. The molecule has 5 nitrogen and oxygen atoms in total. The molecule has 0 amide bonds. The number of aryl methyl sites for hydroxylation is 2. The quantitative estimate of drug-likeness (QED) is 0.473. The van der Waals surface area contributed by atoms with E-state index in [1.165, 1.54) is 0 Å². The zero-order valence-electron chi connectivity index (χ0n) is 15.4. The summed E-state index contributed by atoms with van der Waals surface area (Å²) in [7, 11) is 0. The van der Waals surface area contributed by atoms with E-state index in [1.54, 1.807) is 18.3 Å². The van der Waals surface area contributed by atoms with Crippen molar-refractivity contribution >= 4 is 28.3 Å². The van der Waals surface area contributed by atoms with Gasteiger partial charge in [-0.1, -0.05) is 24.3 Å². The van der Waals surface area contributed by atoms with Crippen LogP contribution < -0.4 is 0 Å². The predicted molar refractivity (Wildman–Crippen MR) is 108 cm³/mol. The van der Waals surface area contributed by atoms with Gasteiger partial charge in [-0.15, -0.1) is 11.3 Å². The molecule has 4 aromatic rings. The molecule has 0 atom stereocenters. The third-order valence-corrected chi connectivity index (χ3v) is 5.32. The smallest absolute Gasteiger partial charge is 0.339 e. The fraction of sp³-hybridized carbons (Fsp3) is 0.190. The number of para-hydroxylation sites is 1. The summed E-state index contributed by atoms with van der Waals surface area (Å²) >= 11 is 1.59. The van der Waals surface area contributed by atoms with Gasteiger partial charge in [0.05, 0.1) is 39.5 Å². The first-order valence-corrected chi connectivity index (χ1v) is 9.65. The van der Waals surface area contributed by atoms with E-state index in [2.05, 4.69) is 0 Å². The lowest BCUT2D eigenvalue weighted by atomic mass is 10.1. The van der Waals surface area contributed by atoms with Crippen LogP contribution in [0.15, 0.2) is 47.8 Å². The van der Waals surface area contributed by atoms with Crippen LogP contribution in [0.1, 0.15) is 28.5 Å². The number of pyridine rings is 1. The van der Waals surface area contributed by atoms with Crippen molar-refractivity contribution < 1.29 is 9.53 Å². The molecule has 0 unspecified atom stereocenters. The van der Waals surface area contributed by atoms with Gasteiger partial charge < -0.3 is 4.74 Å². The molecular weight excluding hydrogens is 358 g/mol. The molecule has 3 aromatic heterocycles. The molecule has 0 saturated heterocycles. The average molecular weight is 377 g/mol. The van der Waals surface area contributed by atoms with Crippen LogP contribution in [0.3, 0.4) is 0 Å². The Balaban J connectivity index is 2.05. The molecule has 0 aliphatic carbocycles. The first-order valence-electron chi connectivity index (χ1n) is 8.77. The second-order valence-corrected chi connectivity index (χ2v) is 7.18. The van der Waals surface area contributed by atoms with Gasteiger partial charge in [0.15, 0.2) is 5.65 Å². The van der Waals surface area contributed by atoms with Gasteiger partial charge in [0, 0.05) is 0 Å². The van der Waals surface area contributed by atoms with E-state index >= 15 is 0 Å². The SMILES string of the molecule is CCOC(=O)c1cc(-c2cccs2)nc2c1c(C)nn2-c1ccccc1C. The van der Waals surface area contributed by atoms with Crippen molar-refractivity contribution in [2.45, 2.75) is 20.8 Å². The maximum absolute atomic E-state index is 12.7. The largest absolute Gasteiger partial charge is 0.462 e. The number of aromatic nitrogens is 3. The monoisotopic (exact) mass is 377 g/mol. The standard InChI is InChI=1S/C21H19N3O2S/c1-4-26-21(25)15-12-16(18-10-7-11-27-18)22-20-19(15)14(3)23-24(20)17-9-6-5-8-13(17)2/h5-12H,4H2,1-3H3. The van der Waals surface area contributed by atoms with Crippen LogP contribution in [0.5, 0.6) is 0 Å². The molecule has 1 aromatic carbocycles. The minimum atomic E-state index is -0.352. The molecule has 136 valence electrons. The molecule has 4 rings (SSSR count). The lowest BCUT2D eigenvalue weighted by molar-refractivity contribution is 0.0528. The van der Waals surface area contributed by atoms with E-state index in [4.69, 9.17) is 14.8 Å². The topological polar surface area (TPSA) is 57.0 Å². The Labute approximate surface area is 161 Å². The second-order valence-electron chi connectivity index (χ2n) is 6.24. The normalized spacial score (nSPS) is 11.1. The van der Waals surface area contributed by atoms with Crippen molar-refractivity contribution in [3.8, 4) is 16.3 Å². The number of hydrogen-bond donors (Lipinski definition) is 0. The maximum Gasteiger partial charge on any atom is 0.339 e. The molecule has 0 saturated carbocycles. The fourth-order valence-electron chi connectivity index (χ4n) is 3.18. The average Bonchev–Trinajstić information content (AvgIpc) is 3.30. The first-order chi connectivity index (χ1) is 13.1. The molecule has 27 heavy (non-hydrogen) atoms. The number of ether oxygens (including phenoxy) is 1. The molecule has 0 aliphatic heterocycles. The van der Waals surface area contributed by atoms with E-state index in [0.717, 1.165) is 32.9 Å². The van der Waals surface area contributed by atoms with E-state index in [1.807, 2.05) is 66.4 Å². The van der Waals surface area contributed by atoms with Crippen molar-refractivity contribution in [2.75, 3.05) is 6.61 Å². The van der Waals surface area contributed by atoms with Crippen molar-refractivity contribution in [1.82, 2.24) is 14.8 Å². The third-order valence-electron chi connectivity index (χ3n) is 4.43. The number of rotatable bonds is 4. The van der Waals surface area contributed by atoms with Crippen LogP contribution in [0.2, 0.25) is 0 Å². The molecule has 0 bridgehead atoms. The van der Waals surface area contributed by atoms with Crippen LogP contribution in [0, 0.1) is 13.8 Å². The van der Waals surface area contributed by atoms with Gasteiger partial charge in [-0.3, -0.25) is 0 Å². The lowest BCUT2D eigenvalue weighted by Gasteiger charge is -2.09. The van der Waals surface area contributed by atoms with E-state index < -0.39 is 0 Å². The highest BCUT2D eigenvalue weighted by molar-refractivity contribution is 7.13. The lowest BCUT2D eigenvalue weighted by Crippen LogP contribution is -2.07. The number of carbonyl (C=O) groups is 1. The van der Waals surface area contributed by atoms with Crippen LogP contribution in [0.25, 0.3) is 27.3 Å². The Bertz CT molecular complexity index is 1130. The summed E-state index contributed by atoms with van der Waals surface area (Å²) in [5.74, 6) is -0.352. The Morgan fingerprint density at radius 1 is 1.19 bits per heavy atom. The van der Waals surface area contributed by atoms with Gasteiger partial charge in [0.2, 0.25) is 0 Å². The van der Waals surface area contributed by atoms with Gasteiger partial charge in [-0.25, -0.2) is 14.5 Å². The molecule has 0 radical (unpaired) electrons. The van der Waals surface area contributed by atoms with Gasteiger partial charge >= 0.3 is 5.97 Å². The number of fused-ring (bicyclic) bond motifs is 1. The molecule has 0 N–H and O–H groups in total. The van der Waals surface area contributed by atoms with E-state index in [-0.39, 0.29) is 5.97 Å². The van der Waals surface area contributed by atoms with Crippen LogP contribution >= 0.6 is 11.3 Å². The van der Waals surface area contributed by atoms with Crippen molar-refractivity contribution in [2.24, 2.45) is 0 Å².